The number of carbonyl (C=O) groups is 1. The number of rotatable bonds is 1. The van der Waals surface area contributed by atoms with Gasteiger partial charge in [-0.1, -0.05) is 0 Å². The summed E-state index contributed by atoms with van der Waals surface area (Å²) in [5.74, 6) is -2.73. The lowest BCUT2D eigenvalue weighted by molar-refractivity contribution is -0.175. The third kappa shape index (κ3) is 1.88. The van der Waals surface area contributed by atoms with Gasteiger partial charge in [0.15, 0.2) is 0 Å². The maximum Gasteiger partial charge on any atom is 0.450 e. The van der Waals surface area contributed by atoms with Crippen molar-refractivity contribution in [1.29, 1.82) is 0 Å². The lowest BCUT2D eigenvalue weighted by Gasteiger charge is -2.31. The third-order valence-corrected chi connectivity index (χ3v) is 4.11. The number of benzene rings is 1. The van der Waals surface area contributed by atoms with Gasteiger partial charge < -0.3 is 16.4 Å². The van der Waals surface area contributed by atoms with Crippen LogP contribution in [0.2, 0.25) is 0 Å². The van der Waals surface area contributed by atoms with Crippen molar-refractivity contribution in [1.82, 2.24) is 0 Å². The van der Waals surface area contributed by atoms with Gasteiger partial charge >= 0.3 is 6.18 Å². The van der Waals surface area contributed by atoms with Gasteiger partial charge in [-0.3, -0.25) is 4.79 Å². The quantitative estimate of drug-likeness (QED) is 0.773. The Morgan fingerprint density at radius 3 is 2.50 bits per heavy atom. The average Bonchev–Trinajstić information content (AvgIpc) is 2.60. The molecule has 0 saturated carbocycles. The molecule has 1 aromatic rings. The van der Waals surface area contributed by atoms with Crippen LogP contribution in [-0.4, -0.2) is 25.0 Å². The van der Waals surface area contributed by atoms with Gasteiger partial charge in [0, 0.05) is 30.6 Å². The SMILES string of the molecule is Nc1cc2c(cc1N)N1CC(C(=O)C(F)(F)F)CC2C1. The molecule has 2 unspecified atom stereocenters. The predicted molar refractivity (Wildman–Crippen MR) is 69.4 cm³/mol. The van der Waals surface area contributed by atoms with Gasteiger partial charge in [0.25, 0.3) is 0 Å². The summed E-state index contributed by atoms with van der Waals surface area (Å²) in [6.07, 6.45) is -4.56. The number of fused-ring (bicyclic) bond motifs is 5. The fraction of sp³-hybridized carbons (Fsp3) is 0.462. The summed E-state index contributed by atoms with van der Waals surface area (Å²) in [6.45, 7) is 0.713. The highest BCUT2D eigenvalue weighted by atomic mass is 19.4. The van der Waals surface area contributed by atoms with E-state index in [1.54, 1.807) is 17.0 Å². The van der Waals surface area contributed by atoms with E-state index in [0.717, 1.165) is 11.3 Å². The molecule has 0 spiro atoms. The predicted octanol–water partition coefficient (Wildman–Crippen LogP) is 1.91. The van der Waals surface area contributed by atoms with Crippen molar-refractivity contribution >= 4 is 22.8 Å². The zero-order chi connectivity index (χ0) is 14.7. The van der Waals surface area contributed by atoms with Crippen LogP contribution in [0.1, 0.15) is 17.9 Å². The molecule has 3 rings (SSSR count). The lowest BCUT2D eigenvalue weighted by Crippen LogP contribution is -2.42. The molecule has 0 amide bonds. The zero-order valence-corrected chi connectivity index (χ0v) is 10.6. The van der Waals surface area contributed by atoms with Crippen LogP contribution in [-0.2, 0) is 4.79 Å². The molecule has 2 aliphatic rings. The summed E-state index contributed by atoms with van der Waals surface area (Å²) in [5.41, 5.74) is 14.0. The van der Waals surface area contributed by atoms with Crippen LogP contribution in [0.4, 0.5) is 30.2 Å². The van der Waals surface area contributed by atoms with Crippen LogP contribution >= 0.6 is 0 Å². The number of anilines is 3. The van der Waals surface area contributed by atoms with Crippen molar-refractivity contribution in [3.8, 4) is 0 Å². The van der Waals surface area contributed by atoms with Crippen LogP contribution in [0, 0.1) is 5.92 Å². The number of ketones is 1. The fourth-order valence-corrected chi connectivity index (χ4v) is 3.18. The lowest BCUT2D eigenvalue weighted by atomic mass is 9.86. The minimum absolute atomic E-state index is 0.0852. The van der Waals surface area contributed by atoms with Crippen LogP contribution in [0.15, 0.2) is 12.1 Å². The second kappa shape index (κ2) is 4.04. The Hall–Kier alpha value is -1.92. The zero-order valence-electron chi connectivity index (χ0n) is 10.6. The summed E-state index contributed by atoms with van der Waals surface area (Å²) >= 11 is 0. The monoisotopic (exact) mass is 285 g/mol. The van der Waals surface area contributed by atoms with E-state index in [1.165, 1.54) is 0 Å². The van der Waals surface area contributed by atoms with Crippen LogP contribution in [0.25, 0.3) is 0 Å². The molecule has 7 heteroatoms. The number of nitrogen functional groups attached to an aromatic ring is 2. The molecule has 1 fully saturated rings. The summed E-state index contributed by atoms with van der Waals surface area (Å²) in [6, 6.07) is 3.40. The summed E-state index contributed by atoms with van der Waals surface area (Å²) < 4.78 is 37.7. The van der Waals surface area contributed by atoms with E-state index in [9.17, 15) is 18.0 Å². The molecule has 4 N–H and O–H groups in total. The minimum atomic E-state index is -4.77. The van der Waals surface area contributed by atoms with Crippen molar-refractivity contribution in [2.24, 2.45) is 5.92 Å². The Labute approximate surface area is 113 Å². The fourth-order valence-electron chi connectivity index (χ4n) is 3.18. The van der Waals surface area contributed by atoms with Crippen molar-refractivity contribution in [3.63, 3.8) is 0 Å². The summed E-state index contributed by atoms with van der Waals surface area (Å²) in [5, 5.41) is 0. The first-order valence-electron chi connectivity index (χ1n) is 6.32. The number of nitrogens with two attached hydrogens (primary N) is 2. The normalized spacial score (nSPS) is 24.6. The number of carbonyl (C=O) groups excluding carboxylic acids is 1. The topological polar surface area (TPSA) is 72.3 Å². The van der Waals surface area contributed by atoms with Crippen molar-refractivity contribution in [3.05, 3.63) is 17.7 Å². The largest absolute Gasteiger partial charge is 0.450 e. The Morgan fingerprint density at radius 1 is 1.20 bits per heavy atom. The number of piperidine rings is 1. The average molecular weight is 285 g/mol. The standard InChI is InChI=1S/C13H14F3N3O/c14-13(15,16)12(20)7-1-6-4-19(5-7)11-3-10(18)9(17)2-8(6)11/h2-3,6-7H,1,4-5,17-18H2. The van der Waals surface area contributed by atoms with E-state index in [2.05, 4.69) is 0 Å². The van der Waals surface area contributed by atoms with Crippen LogP contribution < -0.4 is 16.4 Å². The van der Waals surface area contributed by atoms with Gasteiger partial charge in [0.05, 0.1) is 11.4 Å². The molecule has 0 radical (unpaired) electrons. The Kier molecular flexibility index (Phi) is 2.64. The van der Waals surface area contributed by atoms with Gasteiger partial charge in [-0.25, -0.2) is 0 Å². The van der Waals surface area contributed by atoms with Crippen molar-refractivity contribution < 1.29 is 18.0 Å². The van der Waals surface area contributed by atoms with E-state index in [0.29, 0.717) is 17.9 Å². The molecule has 108 valence electrons. The van der Waals surface area contributed by atoms with Gasteiger partial charge in [-0.05, 0) is 24.1 Å². The highest BCUT2D eigenvalue weighted by Gasteiger charge is 2.48. The molecule has 2 atom stereocenters. The molecule has 0 aliphatic carbocycles. The number of Topliss-reactive ketones (excluding diaryl/α,β-unsaturated/α-hetero) is 1. The maximum atomic E-state index is 12.6. The molecule has 1 aromatic carbocycles. The van der Waals surface area contributed by atoms with E-state index in [-0.39, 0.29) is 18.9 Å². The molecule has 20 heavy (non-hydrogen) atoms. The van der Waals surface area contributed by atoms with Crippen molar-refractivity contribution in [2.75, 3.05) is 29.5 Å². The van der Waals surface area contributed by atoms with E-state index < -0.39 is 17.9 Å². The summed E-state index contributed by atoms with van der Waals surface area (Å²) in [4.78, 5) is 13.2. The van der Waals surface area contributed by atoms with E-state index >= 15 is 0 Å². The highest BCUT2D eigenvalue weighted by molar-refractivity contribution is 5.88. The second-order valence-corrected chi connectivity index (χ2v) is 5.44. The second-order valence-electron chi connectivity index (χ2n) is 5.44. The molecular weight excluding hydrogens is 271 g/mol. The first-order valence-corrected chi connectivity index (χ1v) is 6.32. The smallest absolute Gasteiger partial charge is 0.397 e. The van der Waals surface area contributed by atoms with Gasteiger partial charge in [0.2, 0.25) is 5.78 Å². The van der Waals surface area contributed by atoms with Crippen molar-refractivity contribution in [2.45, 2.75) is 18.5 Å². The number of hydrogen-bond donors (Lipinski definition) is 2. The Morgan fingerprint density at radius 2 is 1.85 bits per heavy atom. The molecule has 2 heterocycles. The van der Waals surface area contributed by atoms with Gasteiger partial charge in [0.1, 0.15) is 0 Å². The first kappa shape index (κ1) is 13.1. The highest BCUT2D eigenvalue weighted by Crippen LogP contribution is 2.47. The third-order valence-electron chi connectivity index (χ3n) is 4.11. The number of alkyl halides is 3. The van der Waals surface area contributed by atoms with Gasteiger partial charge in [-0.15, -0.1) is 0 Å². The molecular formula is C13H14F3N3O. The van der Waals surface area contributed by atoms with Crippen LogP contribution in [0.5, 0.6) is 0 Å². The van der Waals surface area contributed by atoms with E-state index in [1.807, 2.05) is 0 Å². The first-order chi connectivity index (χ1) is 9.27. The van der Waals surface area contributed by atoms with Crippen LogP contribution in [0.3, 0.4) is 0 Å². The Bertz CT molecular complexity index is 548. The Balaban J connectivity index is 1.92. The maximum absolute atomic E-state index is 12.6. The van der Waals surface area contributed by atoms with E-state index in [4.69, 9.17) is 11.5 Å². The molecule has 2 aliphatic heterocycles. The number of nitrogens with zero attached hydrogens (tertiary/aromatic N) is 1. The molecule has 1 saturated heterocycles. The number of hydrogen-bond acceptors (Lipinski definition) is 4. The number of halogens is 3. The molecule has 4 nitrogen and oxygen atoms in total. The molecule has 0 aromatic heterocycles. The summed E-state index contributed by atoms with van der Waals surface area (Å²) in [7, 11) is 0. The minimum Gasteiger partial charge on any atom is -0.397 e. The van der Waals surface area contributed by atoms with Gasteiger partial charge in [-0.2, -0.15) is 13.2 Å². The molecule has 2 bridgehead atoms.